The van der Waals surface area contributed by atoms with Crippen molar-refractivity contribution in [2.45, 2.75) is 31.5 Å². The summed E-state index contributed by atoms with van der Waals surface area (Å²) in [6, 6.07) is 7.15. The van der Waals surface area contributed by atoms with E-state index in [0.29, 0.717) is 51.7 Å². The molecule has 0 aliphatic heterocycles. The van der Waals surface area contributed by atoms with Crippen molar-refractivity contribution < 1.29 is 0 Å². The zero-order chi connectivity index (χ0) is 33.0. The van der Waals surface area contributed by atoms with Gasteiger partial charge < -0.3 is 0 Å². The van der Waals surface area contributed by atoms with Crippen LogP contribution in [0.2, 0.25) is 10.0 Å². The maximum Gasteiger partial charge on any atom is 0.293 e. The summed E-state index contributed by atoms with van der Waals surface area (Å²) in [4.78, 5) is 58.8. The van der Waals surface area contributed by atoms with Crippen LogP contribution in [-0.2, 0) is 24.6 Å². The molecule has 7 rings (SSSR count). The SMILES string of the molecule is Cc1c(Cl)cccc1CCc1nc2nc[nH]n2c(=O)c1Cl.O=c1c(Br)c(CCl)nc2nc[nH]n12.O=c1cc(CCl)nc2nc[nH]n12. The molecule has 0 amide bonds. The summed E-state index contributed by atoms with van der Waals surface area (Å²) >= 11 is 26.4. The highest BCUT2D eigenvalue weighted by molar-refractivity contribution is 9.10. The van der Waals surface area contributed by atoms with Crippen LogP contribution < -0.4 is 16.7 Å². The van der Waals surface area contributed by atoms with E-state index in [1.807, 2.05) is 25.1 Å². The molecule has 20 heteroatoms. The third-order valence-corrected chi connectivity index (χ3v) is 8.60. The molecule has 0 aliphatic rings. The first-order chi connectivity index (χ1) is 22.1. The summed E-state index contributed by atoms with van der Waals surface area (Å²) in [5, 5.41) is 8.79. The number of hydrogen-bond donors (Lipinski definition) is 3. The van der Waals surface area contributed by atoms with Crippen molar-refractivity contribution in [2.24, 2.45) is 0 Å². The van der Waals surface area contributed by atoms with Crippen molar-refractivity contribution in [3.05, 3.63) is 117 Å². The van der Waals surface area contributed by atoms with E-state index in [-0.39, 0.29) is 33.5 Å². The Morgan fingerprint density at radius 1 is 0.761 bits per heavy atom. The molecule has 3 N–H and O–H groups in total. The number of nitrogens with zero attached hydrogens (tertiary/aromatic N) is 9. The largest absolute Gasteiger partial charge is 0.293 e. The molecule has 0 radical (unpaired) electrons. The van der Waals surface area contributed by atoms with Gasteiger partial charge in [-0.15, -0.1) is 23.2 Å². The van der Waals surface area contributed by atoms with Crippen LogP contribution >= 0.6 is 62.3 Å². The Kier molecular flexibility index (Phi) is 10.5. The quantitative estimate of drug-likeness (QED) is 0.218. The molecule has 7 aromatic rings. The molecule has 0 fully saturated rings. The molecule has 46 heavy (non-hydrogen) atoms. The number of aromatic nitrogens is 12. The average Bonchev–Trinajstić information content (AvgIpc) is 3.84. The highest BCUT2D eigenvalue weighted by Gasteiger charge is 2.13. The highest BCUT2D eigenvalue weighted by Crippen LogP contribution is 2.21. The summed E-state index contributed by atoms with van der Waals surface area (Å²) < 4.78 is 4.07. The number of rotatable bonds is 5. The lowest BCUT2D eigenvalue weighted by molar-refractivity contribution is 0.849. The van der Waals surface area contributed by atoms with E-state index in [9.17, 15) is 14.4 Å². The Balaban J connectivity index is 0.000000144. The summed E-state index contributed by atoms with van der Waals surface area (Å²) in [5.41, 5.74) is 2.96. The Hall–Kier alpha value is -4.09. The number of fused-ring (bicyclic) bond motifs is 3. The first kappa shape index (κ1) is 33.3. The van der Waals surface area contributed by atoms with Gasteiger partial charge in [0, 0.05) is 11.1 Å². The Bertz CT molecular complexity index is 2340. The van der Waals surface area contributed by atoms with Gasteiger partial charge in [0.2, 0.25) is 0 Å². The predicted octanol–water partition coefficient (Wildman–Crippen LogP) is 3.89. The number of aryl methyl sites for hydroxylation is 2. The number of aromatic amines is 3. The zero-order valence-corrected chi connectivity index (χ0v) is 28.1. The molecule has 1 aromatic carbocycles. The summed E-state index contributed by atoms with van der Waals surface area (Å²) in [5.74, 6) is 1.39. The average molecular weight is 771 g/mol. The third-order valence-electron chi connectivity index (χ3n) is 6.49. The van der Waals surface area contributed by atoms with Gasteiger partial charge in [-0.05, 0) is 52.9 Å². The van der Waals surface area contributed by atoms with E-state index in [4.69, 9.17) is 46.4 Å². The molecule has 0 bridgehead atoms. The molecule has 6 aromatic heterocycles. The predicted molar refractivity (Wildman–Crippen MR) is 176 cm³/mol. The third kappa shape index (κ3) is 7.00. The molecule has 0 unspecified atom stereocenters. The number of halogens is 5. The molecule has 0 aliphatic carbocycles. The molecule has 0 spiro atoms. The molecule has 0 saturated carbocycles. The van der Waals surface area contributed by atoms with E-state index in [2.05, 4.69) is 61.1 Å². The van der Waals surface area contributed by atoms with Crippen LogP contribution in [0.3, 0.4) is 0 Å². The number of H-pyrrole nitrogens is 3. The first-order valence-electron chi connectivity index (χ1n) is 13.1. The van der Waals surface area contributed by atoms with Crippen LogP contribution in [0, 0.1) is 6.92 Å². The van der Waals surface area contributed by atoms with Crippen molar-refractivity contribution in [1.82, 2.24) is 58.7 Å². The minimum Gasteiger partial charge on any atom is -0.278 e. The number of hydrogen-bond acceptors (Lipinski definition) is 9. The monoisotopic (exact) mass is 768 g/mol. The van der Waals surface area contributed by atoms with Crippen LogP contribution in [0.15, 0.2) is 62.1 Å². The first-order valence-corrected chi connectivity index (χ1v) is 15.7. The van der Waals surface area contributed by atoms with E-state index in [1.54, 1.807) is 0 Å². The summed E-state index contributed by atoms with van der Waals surface area (Å²) in [7, 11) is 0. The Morgan fingerprint density at radius 3 is 1.98 bits per heavy atom. The van der Waals surface area contributed by atoms with Crippen molar-refractivity contribution in [3.63, 3.8) is 0 Å². The van der Waals surface area contributed by atoms with Crippen LogP contribution in [0.4, 0.5) is 0 Å². The van der Waals surface area contributed by atoms with Crippen molar-refractivity contribution in [3.8, 4) is 0 Å². The van der Waals surface area contributed by atoms with Crippen molar-refractivity contribution >= 4 is 79.7 Å². The van der Waals surface area contributed by atoms with E-state index >= 15 is 0 Å². The fraction of sp³-hybridized carbons (Fsp3) is 0.192. The number of nitrogens with one attached hydrogen (secondary N) is 3. The summed E-state index contributed by atoms with van der Waals surface area (Å²) in [6.07, 6.45) is 5.47. The fourth-order valence-electron chi connectivity index (χ4n) is 4.13. The van der Waals surface area contributed by atoms with Gasteiger partial charge >= 0.3 is 0 Å². The van der Waals surface area contributed by atoms with Gasteiger partial charge in [-0.25, -0.2) is 29.9 Å². The molecule has 238 valence electrons. The normalized spacial score (nSPS) is 11.0. The van der Waals surface area contributed by atoms with Crippen LogP contribution in [0.5, 0.6) is 0 Å². The molecule has 0 saturated heterocycles. The van der Waals surface area contributed by atoms with Gasteiger partial charge in [0.25, 0.3) is 34.0 Å². The molecule has 15 nitrogen and oxygen atoms in total. The molecular weight excluding hydrogens is 750 g/mol. The highest BCUT2D eigenvalue weighted by atomic mass is 79.9. The minimum absolute atomic E-state index is 0.122. The molecule has 0 atom stereocenters. The molecule has 6 heterocycles. The van der Waals surface area contributed by atoms with E-state index < -0.39 is 0 Å². The van der Waals surface area contributed by atoms with Gasteiger partial charge in [-0.1, -0.05) is 35.3 Å². The van der Waals surface area contributed by atoms with Crippen LogP contribution in [0.1, 0.15) is 28.2 Å². The van der Waals surface area contributed by atoms with Crippen molar-refractivity contribution in [2.75, 3.05) is 0 Å². The Morgan fingerprint density at radius 2 is 1.35 bits per heavy atom. The fourth-order valence-corrected chi connectivity index (χ4v) is 5.44. The van der Waals surface area contributed by atoms with Crippen molar-refractivity contribution in [1.29, 1.82) is 0 Å². The summed E-state index contributed by atoms with van der Waals surface area (Å²) in [6.45, 7) is 1.97. The second kappa shape index (κ2) is 14.6. The van der Waals surface area contributed by atoms with E-state index in [1.165, 1.54) is 38.6 Å². The van der Waals surface area contributed by atoms with Gasteiger partial charge in [0.1, 0.15) is 28.5 Å². The number of alkyl halides is 2. The molecular formula is C26H21BrCl4N12O3. The lowest BCUT2D eigenvalue weighted by Gasteiger charge is -2.08. The second-order valence-electron chi connectivity index (χ2n) is 9.30. The van der Waals surface area contributed by atoms with Gasteiger partial charge in [0.05, 0.1) is 28.8 Å². The van der Waals surface area contributed by atoms with E-state index in [0.717, 1.165) is 16.1 Å². The smallest absolute Gasteiger partial charge is 0.278 e. The van der Waals surface area contributed by atoms with Gasteiger partial charge in [0.15, 0.2) is 0 Å². The number of benzene rings is 1. The Labute approximate surface area is 285 Å². The van der Waals surface area contributed by atoms with Crippen LogP contribution in [-0.4, -0.2) is 58.7 Å². The second-order valence-corrected chi connectivity index (χ2v) is 11.4. The zero-order valence-electron chi connectivity index (χ0n) is 23.5. The van der Waals surface area contributed by atoms with Gasteiger partial charge in [-0.2, -0.15) is 13.5 Å². The van der Waals surface area contributed by atoms with Gasteiger partial charge in [-0.3, -0.25) is 29.7 Å². The topological polar surface area (TPSA) is 189 Å². The maximum absolute atomic E-state index is 12.0. The lowest BCUT2D eigenvalue weighted by Crippen LogP contribution is -2.18. The standard InChI is InChI=1S/C14H12Cl2N4O.C6H4BrClN4O.C6H5ClN4O/c1-8-9(3-2-4-10(8)15)5-6-11-12(16)13(21)20-14(19-11)17-7-18-20;7-4-3(1-8)11-6-9-2-10-12(6)5(4)13;7-2-4-1-5(12)11-6(10-4)8-3-9-11/h2-4,7H,5-6H2,1H3,(H,17,18,19);2H,1H2,(H,9,10,11);1,3H,2H2,(H,8,9,10). The maximum atomic E-state index is 12.0. The van der Waals surface area contributed by atoms with Crippen LogP contribution in [0.25, 0.3) is 17.3 Å². The minimum atomic E-state index is -0.336. The lowest BCUT2D eigenvalue weighted by atomic mass is 10.0.